The van der Waals surface area contributed by atoms with Crippen LogP contribution in [-0.2, 0) is 12.8 Å². The zero-order valence-electron chi connectivity index (χ0n) is 13.8. The van der Waals surface area contributed by atoms with Crippen molar-refractivity contribution in [2.75, 3.05) is 26.0 Å². The fourth-order valence-electron chi connectivity index (χ4n) is 2.85. The molecule has 2 aromatic rings. The van der Waals surface area contributed by atoms with E-state index in [1.807, 2.05) is 25.1 Å². The molecule has 1 atom stereocenters. The predicted octanol–water partition coefficient (Wildman–Crippen LogP) is 2.28. The highest BCUT2D eigenvalue weighted by atomic mass is 32.1. The van der Waals surface area contributed by atoms with Crippen LogP contribution >= 0.6 is 11.3 Å². The fourth-order valence-corrected chi connectivity index (χ4v) is 3.69. The maximum atomic E-state index is 12.4. The Balaban J connectivity index is 1.62. The SMILES string of the molecule is CCc1nc(N)sc1C(=O)NC[C@H]1COc2c(cccc2OC)C1. The van der Waals surface area contributed by atoms with Crippen LogP contribution in [0.5, 0.6) is 11.5 Å². The van der Waals surface area contributed by atoms with Crippen LogP contribution in [0.1, 0.15) is 27.9 Å². The minimum Gasteiger partial charge on any atom is -0.493 e. The minimum absolute atomic E-state index is 0.113. The Morgan fingerprint density at radius 1 is 1.54 bits per heavy atom. The lowest BCUT2D eigenvalue weighted by Gasteiger charge is -2.26. The number of thiazole rings is 1. The van der Waals surface area contributed by atoms with E-state index in [4.69, 9.17) is 15.2 Å². The number of amides is 1. The van der Waals surface area contributed by atoms with Gasteiger partial charge in [0, 0.05) is 12.5 Å². The molecule has 1 aromatic heterocycles. The van der Waals surface area contributed by atoms with Gasteiger partial charge in [0.05, 0.1) is 19.4 Å². The third-order valence-corrected chi connectivity index (χ3v) is 4.98. The second-order valence-corrected chi connectivity index (χ2v) is 6.75. The van der Waals surface area contributed by atoms with Crippen LogP contribution in [0.4, 0.5) is 5.13 Å². The van der Waals surface area contributed by atoms with Crippen molar-refractivity contribution in [3.63, 3.8) is 0 Å². The van der Waals surface area contributed by atoms with Crippen LogP contribution in [0.25, 0.3) is 0 Å². The number of hydrogen-bond donors (Lipinski definition) is 2. The lowest BCUT2D eigenvalue weighted by Crippen LogP contribution is -2.34. The minimum atomic E-state index is -0.113. The molecule has 1 aliphatic rings. The topological polar surface area (TPSA) is 86.5 Å². The van der Waals surface area contributed by atoms with Crippen molar-refractivity contribution >= 4 is 22.4 Å². The van der Waals surface area contributed by atoms with Crippen LogP contribution in [0.3, 0.4) is 0 Å². The molecule has 2 heterocycles. The average Bonchev–Trinajstić information content (AvgIpc) is 2.99. The average molecular weight is 347 g/mol. The number of nitrogen functional groups attached to an aromatic ring is 1. The number of fused-ring (bicyclic) bond motifs is 1. The van der Waals surface area contributed by atoms with Crippen molar-refractivity contribution in [1.82, 2.24) is 10.3 Å². The normalized spacial score (nSPS) is 16.2. The van der Waals surface area contributed by atoms with E-state index in [9.17, 15) is 4.79 Å². The molecule has 0 bridgehead atoms. The van der Waals surface area contributed by atoms with Crippen LogP contribution in [0.2, 0.25) is 0 Å². The molecule has 0 saturated heterocycles. The van der Waals surface area contributed by atoms with Crippen LogP contribution in [0, 0.1) is 5.92 Å². The second kappa shape index (κ2) is 7.09. The third-order valence-electron chi connectivity index (χ3n) is 4.06. The van der Waals surface area contributed by atoms with E-state index in [0.717, 1.165) is 29.2 Å². The number of benzene rings is 1. The van der Waals surface area contributed by atoms with E-state index in [-0.39, 0.29) is 11.8 Å². The molecule has 0 spiro atoms. The summed E-state index contributed by atoms with van der Waals surface area (Å²) in [7, 11) is 1.64. The standard InChI is InChI=1S/C17H21N3O3S/c1-3-12-15(24-17(18)20-12)16(21)19-8-10-7-11-5-4-6-13(22-2)14(11)23-9-10/h4-6,10H,3,7-9H2,1-2H3,(H2,18,20)(H,19,21)/t10-/m0/s1. The van der Waals surface area contributed by atoms with Gasteiger partial charge in [-0.3, -0.25) is 4.79 Å². The molecule has 24 heavy (non-hydrogen) atoms. The van der Waals surface area contributed by atoms with E-state index in [1.54, 1.807) is 7.11 Å². The smallest absolute Gasteiger partial charge is 0.263 e. The molecule has 128 valence electrons. The van der Waals surface area contributed by atoms with E-state index in [1.165, 1.54) is 11.3 Å². The van der Waals surface area contributed by atoms with Gasteiger partial charge in [-0.1, -0.05) is 30.4 Å². The van der Waals surface area contributed by atoms with Crippen LogP contribution in [0.15, 0.2) is 18.2 Å². The van der Waals surface area contributed by atoms with Crippen LogP contribution in [-0.4, -0.2) is 31.2 Å². The number of para-hydroxylation sites is 1. The van der Waals surface area contributed by atoms with Crippen molar-refractivity contribution in [1.29, 1.82) is 0 Å². The molecule has 0 unspecified atom stereocenters. The van der Waals surface area contributed by atoms with E-state index >= 15 is 0 Å². The second-order valence-electron chi connectivity index (χ2n) is 5.72. The van der Waals surface area contributed by atoms with Crippen molar-refractivity contribution in [2.24, 2.45) is 5.92 Å². The number of methoxy groups -OCH3 is 1. The summed E-state index contributed by atoms with van der Waals surface area (Å²) in [6, 6.07) is 5.88. The van der Waals surface area contributed by atoms with Crippen LogP contribution < -0.4 is 20.5 Å². The number of nitrogens with two attached hydrogens (primary N) is 1. The highest BCUT2D eigenvalue weighted by Crippen LogP contribution is 2.35. The van der Waals surface area contributed by atoms with Gasteiger partial charge in [-0.25, -0.2) is 4.98 Å². The zero-order chi connectivity index (χ0) is 17.1. The largest absolute Gasteiger partial charge is 0.493 e. The summed E-state index contributed by atoms with van der Waals surface area (Å²) in [6.45, 7) is 3.07. The van der Waals surface area contributed by atoms with Gasteiger partial charge in [-0.05, 0) is 24.5 Å². The number of nitrogens with one attached hydrogen (secondary N) is 1. The molecule has 3 N–H and O–H groups in total. The number of rotatable bonds is 5. The summed E-state index contributed by atoms with van der Waals surface area (Å²) in [5.41, 5.74) is 7.57. The summed E-state index contributed by atoms with van der Waals surface area (Å²) >= 11 is 1.23. The number of nitrogens with zero attached hydrogens (tertiary/aromatic N) is 1. The number of carbonyl (C=O) groups excluding carboxylic acids is 1. The van der Waals surface area contributed by atoms with E-state index in [0.29, 0.717) is 29.6 Å². The number of aromatic nitrogens is 1. The molecule has 1 amide bonds. The first kappa shape index (κ1) is 16.6. The first-order valence-corrected chi connectivity index (χ1v) is 8.76. The highest BCUT2D eigenvalue weighted by molar-refractivity contribution is 7.17. The summed E-state index contributed by atoms with van der Waals surface area (Å²) in [4.78, 5) is 17.2. The number of anilines is 1. The molecular weight excluding hydrogens is 326 g/mol. The van der Waals surface area contributed by atoms with Gasteiger partial charge in [0.2, 0.25) is 0 Å². The van der Waals surface area contributed by atoms with Gasteiger partial charge < -0.3 is 20.5 Å². The molecule has 3 rings (SSSR count). The van der Waals surface area contributed by atoms with Crippen molar-refractivity contribution in [3.8, 4) is 11.5 Å². The molecule has 1 aromatic carbocycles. The number of ether oxygens (including phenoxy) is 2. The molecule has 6 nitrogen and oxygen atoms in total. The first-order valence-electron chi connectivity index (χ1n) is 7.94. The predicted molar refractivity (Wildman–Crippen MR) is 93.9 cm³/mol. The quantitative estimate of drug-likeness (QED) is 0.866. The zero-order valence-corrected chi connectivity index (χ0v) is 14.6. The molecule has 0 aliphatic carbocycles. The molecule has 0 saturated carbocycles. The van der Waals surface area contributed by atoms with Gasteiger partial charge in [0.25, 0.3) is 5.91 Å². The summed E-state index contributed by atoms with van der Waals surface area (Å²) in [5, 5.41) is 3.41. The summed E-state index contributed by atoms with van der Waals surface area (Å²) < 4.78 is 11.2. The molecule has 0 fully saturated rings. The Morgan fingerprint density at radius 2 is 2.38 bits per heavy atom. The Bertz CT molecular complexity index is 745. The number of aryl methyl sites for hydroxylation is 1. The highest BCUT2D eigenvalue weighted by Gasteiger charge is 2.24. The monoisotopic (exact) mass is 347 g/mol. The summed E-state index contributed by atoms with van der Waals surface area (Å²) in [6.07, 6.45) is 1.54. The number of carbonyl (C=O) groups is 1. The van der Waals surface area contributed by atoms with Gasteiger partial charge in [0.15, 0.2) is 16.6 Å². The molecule has 7 heteroatoms. The number of hydrogen-bond acceptors (Lipinski definition) is 6. The molecule has 0 radical (unpaired) electrons. The van der Waals surface area contributed by atoms with Gasteiger partial charge in [-0.15, -0.1) is 0 Å². The molecular formula is C17H21N3O3S. The van der Waals surface area contributed by atoms with E-state index < -0.39 is 0 Å². The van der Waals surface area contributed by atoms with Gasteiger partial charge >= 0.3 is 0 Å². The Hall–Kier alpha value is -2.28. The molecule has 1 aliphatic heterocycles. The van der Waals surface area contributed by atoms with Gasteiger partial charge in [-0.2, -0.15) is 0 Å². The Morgan fingerprint density at radius 3 is 3.12 bits per heavy atom. The maximum absolute atomic E-state index is 12.4. The fraction of sp³-hybridized carbons (Fsp3) is 0.412. The Kier molecular flexibility index (Phi) is 4.89. The maximum Gasteiger partial charge on any atom is 0.263 e. The lowest BCUT2D eigenvalue weighted by molar-refractivity contribution is 0.0941. The van der Waals surface area contributed by atoms with Crippen molar-refractivity contribution in [2.45, 2.75) is 19.8 Å². The van der Waals surface area contributed by atoms with Crippen molar-refractivity contribution in [3.05, 3.63) is 34.3 Å². The Labute approximate surface area is 145 Å². The lowest BCUT2D eigenvalue weighted by atomic mass is 9.96. The summed E-state index contributed by atoms with van der Waals surface area (Å²) in [5.74, 6) is 1.68. The van der Waals surface area contributed by atoms with Crippen molar-refractivity contribution < 1.29 is 14.3 Å². The third kappa shape index (κ3) is 3.31. The van der Waals surface area contributed by atoms with Gasteiger partial charge in [0.1, 0.15) is 4.88 Å². The first-order chi connectivity index (χ1) is 11.6. The van der Waals surface area contributed by atoms with E-state index in [2.05, 4.69) is 10.3 Å².